The molecule has 36 heavy (non-hydrogen) atoms. The van der Waals surface area contributed by atoms with E-state index >= 15 is 0 Å². The highest BCUT2D eigenvalue weighted by Gasteiger charge is 2.29. The molecule has 1 N–H and O–H groups in total. The lowest BCUT2D eigenvalue weighted by molar-refractivity contribution is -0.127. The van der Waals surface area contributed by atoms with Crippen molar-refractivity contribution in [3.8, 4) is 22.4 Å². The second-order valence-electron chi connectivity index (χ2n) is 9.21. The van der Waals surface area contributed by atoms with E-state index in [9.17, 15) is 4.79 Å². The Bertz CT molecular complexity index is 1640. The van der Waals surface area contributed by atoms with Crippen molar-refractivity contribution in [3.63, 3.8) is 0 Å². The lowest BCUT2D eigenvalue weighted by Crippen LogP contribution is -2.38. The summed E-state index contributed by atoms with van der Waals surface area (Å²) in [6, 6.07) is 6.12. The zero-order valence-corrected chi connectivity index (χ0v) is 20.8. The number of amides is 1. The Hall–Kier alpha value is -3.98. The number of hydrogen-bond donors (Lipinski definition) is 1. The number of fused-ring (bicyclic) bond motifs is 2. The summed E-state index contributed by atoms with van der Waals surface area (Å²) in [6.07, 6.45) is 8.30. The largest absolute Gasteiger partial charge is 0.339 e. The first-order valence-electron chi connectivity index (χ1n) is 11.9. The van der Waals surface area contributed by atoms with Crippen LogP contribution in [0.5, 0.6) is 0 Å². The Kier molecular flexibility index (Phi) is 5.37. The minimum absolute atomic E-state index is 0.0259. The highest BCUT2D eigenvalue weighted by Crippen LogP contribution is 2.44. The zero-order valence-electron chi connectivity index (χ0n) is 20.1. The van der Waals surface area contributed by atoms with Crippen molar-refractivity contribution in [1.29, 1.82) is 0 Å². The molecule has 1 aliphatic rings. The number of aromatic nitrogens is 7. The summed E-state index contributed by atoms with van der Waals surface area (Å²) in [5.74, 6) is -0.0259. The van der Waals surface area contributed by atoms with Crippen LogP contribution in [0.1, 0.15) is 30.1 Å². The number of piperidine rings is 1. The van der Waals surface area contributed by atoms with Crippen LogP contribution in [0.25, 0.3) is 38.9 Å². The quantitative estimate of drug-likeness (QED) is 0.359. The van der Waals surface area contributed by atoms with Crippen LogP contribution in [0.2, 0.25) is 5.02 Å². The number of hydrogen-bond acceptors (Lipinski definition) is 5. The van der Waals surface area contributed by atoms with Crippen molar-refractivity contribution in [1.82, 2.24) is 39.5 Å². The van der Waals surface area contributed by atoms with Crippen molar-refractivity contribution in [2.24, 2.45) is 0 Å². The molecule has 1 aromatic carbocycles. The van der Waals surface area contributed by atoms with Crippen LogP contribution in [-0.2, 0) is 4.79 Å². The number of aryl methyl sites for hydroxylation is 1. The number of rotatable bonds is 4. The molecule has 0 atom stereocenters. The zero-order chi connectivity index (χ0) is 25.0. The fourth-order valence-corrected chi connectivity index (χ4v) is 5.49. The van der Waals surface area contributed by atoms with E-state index in [0.29, 0.717) is 18.1 Å². The van der Waals surface area contributed by atoms with Gasteiger partial charge in [0.2, 0.25) is 5.91 Å². The Morgan fingerprint density at radius 1 is 1.22 bits per heavy atom. The van der Waals surface area contributed by atoms with Gasteiger partial charge in [-0.1, -0.05) is 18.2 Å². The maximum atomic E-state index is 12.1. The molecule has 9 nitrogen and oxygen atoms in total. The molecule has 1 saturated heterocycles. The second-order valence-corrected chi connectivity index (χ2v) is 9.59. The Morgan fingerprint density at radius 3 is 2.81 bits per heavy atom. The van der Waals surface area contributed by atoms with Crippen molar-refractivity contribution in [3.05, 3.63) is 65.9 Å². The van der Waals surface area contributed by atoms with Gasteiger partial charge in [-0.15, -0.1) is 0 Å². The minimum atomic E-state index is -0.0259. The molecule has 5 heterocycles. The summed E-state index contributed by atoms with van der Waals surface area (Å²) in [7, 11) is 0. The molecule has 6 rings (SSSR count). The molecule has 1 aliphatic heterocycles. The topological polar surface area (TPSA) is 97.0 Å². The van der Waals surface area contributed by atoms with Crippen molar-refractivity contribution in [2.45, 2.75) is 32.7 Å². The summed E-state index contributed by atoms with van der Waals surface area (Å²) < 4.78 is 3.86. The maximum Gasteiger partial charge on any atom is 0.245 e. The number of carbonyl (C=O) groups excluding carboxylic acids is 1. The third-order valence-electron chi connectivity index (χ3n) is 7.11. The van der Waals surface area contributed by atoms with Gasteiger partial charge in [0.05, 0.1) is 22.8 Å². The summed E-state index contributed by atoms with van der Waals surface area (Å²) in [6.45, 7) is 9.05. The van der Waals surface area contributed by atoms with Crippen molar-refractivity contribution >= 4 is 34.1 Å². The van der Waals surface area contributed by atoms with Crippen LogP contribution < -0.4 is 0 Å². The summed E-state index contributed by atoms with van der Waals surface area (Å²) in [4.78, 5) is 18.2. The SMILES string of the molecule is C=CC(=O)N1CCC(n2nc(-c3ccc4ncnn4c3)c(-c3c(Cl)c(C)cc4[nH]ncc34)c2C)CC1. The van der Waals surface area contributed by atoms with Crippen LogP contribution in [0.15, 0.2) is 49.6 Å². The van der Waals surface area contributed by atoms with E-state index in [2.05, 4.69) is 38.5 Å². The predicted molar refractivity (Wildman–Crippen MR) is 139 cm³/mol. The molecule has 0 aliphatic carbocycles. The highest BCUT2D eigenvalue weighted by atomic mass is 35.5. The Balaban J connectivity index is 1.54. The van der Waals surface area contributed by atoms with E-state index in [4.69, 9.17) is 16.7 Å². The first-order chi connectivity index (χ1) is 17.5. The molecule has 4 aromatic heterocycles. The third-order valence-corrected chi connectivity index (χ3v) is 7.60. The Labute approximate surface area is 212 Å². The first-order valence-corrected chi connectivity index (χ1v) is 12.3. The van der Waals surface area contributed by atoms with Gasteiger partial charge in [-0.3, -0.25) is 14.6 Å². The lowest BCUT2D eigenvalue weighted by Gasteiger charge is -2.32. The third kappa shape index (κ3) is 3.50. The molecule has 182 valence electrons. The van der Waals surface area contributed by atoms with E-state index < -0.39 is 0 Å². The minimum Gasteiger partial charge on any atom is -0.339 e. The molecule has 5 aromatic rings. The number of aromatic amines is 1. The average Bonchev–Trinajstić information content (AvgIpc) is 3.63. The van der Waals surface area contributed by atoms with Crippen molar-refractivity contribution in [2.75, 3.05) is 13.1 Å². The standard InChI is InChI=1S/C26H25ClN8O/c1-4-22(36)33-9-7-18(8-10-33)35-16(3)23(24-19-12-29-31-20(19)11-15(2)25(24)27)26(32-35)17-5-6-21-28-14-30-34(21)13-17/h4-6,11-14,18H,1,7-10H2,2-3H3,(H,29,31). The van der Waals surface area contributed by atoms with E-state index in [1.54, 1.807) is 4.52 Å². The van der Waals surface area contributed by atoms with Crippen LogP contribution in [-0.4, -0.2) is 58.5 Å². The Morgan fingerprint density at radius 2 is 2.03 bits per heavy atom. The predicted octanol–water partition coefficient (Wildman–Crippen LogP) is 4.76. The van der Waals surface area contributed by atoms with Crippen molar-refractivity contribution < 1.29 is 4.79 Å². The van der Waals surface area contributed by atoms with Gasteiger partial charge in [-0.2, -0.15) is 15.3 Å². The molecular weight excluding hydrogens is 476 g/mol. The monoisotopic (exact) mass is 500 g/mol. The normalized spacial score (nSPS) is 14.7. The van der Waals surface area contributed by atoms with Gasteiger partial charge in [-0.25, -0.2) is 9.50 Å². The first kappa shape index (κ1) is 22.5. The summed E-state index contributed by atoms with van der Waals surface area (Å²) in [5.41, 5.74) is 7.30. The van der Waals surface area contributed by atoms with Gasteiger partial charge in [0.1, 0.15) is 12.0 Å². The summed E-state index contributed by atoms with van der Waals surface area (Å²) in [5, 5.41) is 18.5. The van der Waals surface area contributed by atoms with E-state index in [-0.39, 0.29) is 11.9 Å². The number of halogens is 1. The number of nitrogens with one attached hydrogen (secondary N) is 1. The number of carbonyl (C=O) groups is 1. The maximum absolute atomic E-state index is 12.1. The van der Waals surface area contributed by atoms with Crippen LogP contribution in [0.3, 0.4) is 0 Å². The van der Waals surface area contributed by atoms with E-state index in [1.165, 1.54) is 12.4 Å². The molecule has 10 heteroatoms. The van der Waals surface area contributed by atoms with Crippen LogP contribution >= 0.6 is 11.6 Å². The highest BCUT2D eigenvalue weighted by molar-refractivity contribution is 6.36. The van der Waals surface area contributed by atoms with Gasteiger partial charge in [0, 0.05) is 47.1 Å². The number of H-pyrrole nitrogens is 1. The molecular formula is C26H25ClN8O. The molecule has 0 saturated carbocycles. The molecule has 0 bridgehead atoms. The summed E-state index contributed by atoms with van der Waals surface area (Å²) >= 11 is 6.98. The van der Waals surface area contributed by atoms with Gasteiger partial charge in [0.25, 0.3) is 0 Å². The van der Waals surface area contributed by atoms with Gasteiger partial charge < -0.3 is 4.90 Å². The smallest absolute Gasteiger partial charge is 0.245 e. The van der Waals surface area contributed by atoms with Gasteiger partial charge >= 0.3 is 0 Å². The lowest BCUT2D eigenvalue weighted by atomic mass is 9.95. The number of pyridine rings is 1. The number of likely N-dealkylation sites (tertiary alicyclic amines) is 1. The fraction of sp³-hybridized carbons (Fsp3) is 0.269. The average molecular weight is 501 g/mol. The molecule has 0 spiro atoms. The number of nitrogens with zero attached hydrogens (tertiary/aromatic N) is 7. The van der Waals surface area contributed by atoms with Crippen LogP contribution in [0.4, 0.5) is 0 Å². The molecule has 0 radical (unpaired) electrons. The number of benzene rings is 1. The second kappa shape index (κ2) is 8.60. The molecule has 0 unspecified atom stereocenters. The fourth-order valence-electron chi connectivity index (χ4n) is 5.24. The molecule has 1 fully saturated rings. The molecule has 1 amide bonds. The van der Waals surface area contributed by atoms with Gasteiger partial charge in [0.15, 0.2) is 5.65 Å². The van der Waals surface area contributed by atoms with E-state index in [0.717, 1.165) is 63.0 Å². The van der Waals surface area contributed by atoms with E-state index in [1.807, 2.05) is 42.4 Å². The van der Waals surface area contributed by atoms with Crippen LogP contribution in [0, 0.1) is 13.8 Å². The van der Waals surface area contributed by atoms with Gasteiger partial charge in [-0.05, 0) is 56.5 Å².